The third-order valence-electron chi connectivity index (χ3n) is 4.27. The lowest BCUT2D eigenvalue weighted by atomic mass is 10.3. The molecule has 3 rings (SSSR count). The number of halogens is 4. The molecule has 0 aliphatic heterocycles. The molecule has 0 amide bonds. The van der Waals surface area contributed by atoms with Crippen molar-refractivity contribution in [2.45, 2.75) is 25.3 Å². The predicted molar refractivity (Wildman–Crippen MR) is 150 cm³/mol. The van der Waals surface area contributed by atoms with Crippen molar-refractivity contribution >= 4 is 80.3 Å². The van der Waals surface area contributed by atoms with E-state index in [0.29, 0.717) is 13.6 Å². The maximum Gasteiger partial charge on any atom is 0.549 e. The van der Waals surface area contributed by atoms with Crippen LogP contribution in [-0.4, -0.2) is 51.0 Å². The number of sulfonamides is 2. The average Bonchev–Trinajstić information content (AvgIpc) is 3.29. The van der Waals surface area contributed by atoms with Crippen molar-refractivity contribution in [3.63, 3.8) is 0 Å². The van der Waals surface area contributed by atoms with Crippen molar-refractivity contribution in [3.8, 4) is 0 Å². The summed E-state index contributed by atoms with van der Waals surface area (Å²) in [6.07, 6.45) is -2.24. The number of thioether (sulfide) groups is 1. The summed E-state index contributed by atoms with van der Waals surface area (Å²) >= 11 is 5.66. The minimum Gasteiger partial charge on any atom is -0.383 e. The summed E-state index contributed by atoms with van der Waals surface area (Å²) in [5.41, 5.74) is 5.64. The second-order valence-corrected chi connectivity index (χ2v) is 16.1. The van der Waals surface area contributed by atoms with Crippen LogP contribution in [0.3, 0.4) is 0 Å². The minimum atomic E-state index is -4.90. The van der Waals surface area contributed by atoms with Gasteiger partial charge in [0.25, 0.3) is 10.0 Å². The first kappa shape index (κ1) is 34.0. The molecule has 0 fully saturated rings. The highest BCUT2D eigenvalue weighted by atomic mass is 79.9. The van der Waals surface area contributed by atoms with Gasteiger partial charge in [-0.05, 0) is 48.7 Å². The fourth-order valence-corrected chi connectivity index (χ4v) is 10.5. The van der Waals surface area contributed by atoms with Crippen LogP contribution < -0.4 is 10.5 Å². The first-order valence-corrected chi connectivity index (χ1v) is 17.8. The van der Waals surface area contributed by atoms with E-state index in [0.717, 1.165) is 23.7 Å². The Morgan fingerprint density at radius 2 is 1.68 bits per heavy atom. The molecule has 0 aliphatic carbocycles. The Kier molecular flexibility index (Phi) is 11.2. The van der Waals surface area contributed by atoms with E-state index in [1.165, 1.54) is 48.2 Å². The van der Waals surface area contributed by atoms with Crippen LogP contribution in [0, 0.1) is 5.41 Å². The van der Waals surface area contributed by atoms with Gasteiger partial charge in [0, 0.05) is 10.2 Å². The Morgan fingerprint density at radius 1 is 1.10 bits per heavy atom. The quantitative estimate of drug-likeness (QED) is 0.0800. The van der Waals surface area contributed by atoms with Crippen LogP contribution >= 0.6 is 39.0 Å². The highest BCUT2D eigenvalue weighted by Gasteiger charge is 2.29. The van der Waals surface area contributed by atoms with Crippen LogP contribution in [0.5, 0.6) is 0 Å². The summed E-state index contributed by atoms with van der Waals surface area (Å²) in [6, 6.07) is 12.8. The van der Waals surface area contributed by atoms with Crippen LogP contribution in [0.2, 0.25) is 0 Å². The SMILES string of the molecule is CSc1sc(C(=N)N)cc1S(=O)(=NS(=O)(=O)c1cccc(NS(C)(=O)=O)c1)c1cccc(Br)c1.OOC(F)(F)F. The Balaban J connectivity index is 0.000000840. The van der Waals surface area contributed by atoms with E-state index >= 15 is 0 Å². The monoisotopic (exact) mass is 724 g/mol. The van der Waals surface area contributed by atoms with Gasteiger partial charge in [0.15, 0.2) is 0 Å². The van der Waals surface area contributed by atoms with Crippen molar-refractivity contribution in [2.75, 3.05) is 17.2 Å². The molecule has 20 heteroatoms. The maximum absolute atomic E-state index is 14.5. The molecule has 2 aromatic carbocycles. The lowest BCUT2D eigenvalue weighted by Gasteiger charge is -2.12. The van der Waals surface area contributed by atoms with Crippen LogP contribution in [0.25, 0.3) is 0 Å². The fraction of sp³-hybridized carbons (Fsp3) is 0.150. The topological polar surface area (TPSA) is 189 Å². The van der Waals surface area contributed by atoms with Crippen molar-refractivity contribution in [2.24, 2.45) is 9.50 Å². The minimum absolute atomic E-state index is 0.0203. The number of nitrogens with one attached hydrogen (secondary N) is 2. The van der Waals surface area contributed by atoms with Crippen LogP contribution in [0.15, 0.2) is 81.7 Å². The van der Waals surface area contributed by atoms with E-state index in [9.17, 15) is 34.2 Å². The summed E-state index contributed by atoms with van der Waals surface area (Å²) in [4.78, 5) is 2.19. The molecule has 3 aromatic rings. The van der Waals surface area contributed by atoms with Gasteiger partial charge in [0.1, 0.15) is 15.6 Å². The molecule has 11 nitrogen and oxygen atoms in total. The van der Waals surface area contributed by atoms with E-state index < -0.39 is 36.1 Å². The predicted octanol–water partition coefficient (Wildman–Crippen LogP) is 5.16. The Hall–Kier alpha value is -2.20. The Bertz CT molecular complexity index is 1740. The highest BCUT2D eigenvalue weighted by Crippen LogP contribution is 2.39. The van der Waals surface area contributed by atoms with E-state index in [-0.39, 0.29) is 26.2 Å². The molecule has 0 bridgehead atoms. The third-order valence-corrected chi connectivity index (χ3v) is 12.2. The van der Waals surface area contributed by atoms with Crippen molar-refractivity contribution in [1.82, 2.24) is 0 Å². The van der Waals surface area contributed by atoms with Crippen LogP contribution in [0.1, 0.15) is 4.88 Å². The van der Waals surface area contributed by atoms with E-state index in [4.69, 9.17) is 16.4 Å². The summed E-state index contributed by atoms with van der Waals surface area (Å²) in [5.74, 6) is -0.245. The molecule has 1 heterocycles. The van der Waals surface area contributed by atoms with E-state index in [1.54, 1.807) is 18.4 Å². The van der Waals surface area contributed by atoms with Crippen LogP contribution in [-0.2, 0) is 34.7 Å². The summed E-state index contributed by atoms with van der Waals surface area (Å²) in [5, 5.41) is 14.5. The summed E-state index contributed by atoms with van der Waals surface area (Å²) in [7, 11) is -12.0. The molecule has 0 spiro atoms. The number of nitrogens with two attached hydrogens (primary N) is 1. The first-order valence-electron chi connectivity index (χ1n) is 10.1. The number of amidine groups is 1. The molecule has 0 saturated carbocycles. The van der Waals surface area contributed by atoms with Crippen LogP contribution in [0.4, 0.5) is 18.9 Å². The molecular formula is C20H20BrF3N4O7S5. The Labute approximate surface area is 244 Å². The number of nitrogen functional groups attached to an aromatic ring is 1. The number of anilines is 1. The van der Waals surface area contributed by atoms with E-state index in [1.807, 2.05) is 4.89 Å². The van der Waals surface area contributed by atoms with Gasteiger partial charge in [-0.25, -0.2) is 17.9 Å². The van der Waals surface area contributed by atoms with Gasteiger partial charge >= 0.3 is 6.36 Å². The number of hydrogen-bond donors (Lipinski definition) is 4. The average molecular weight is 726 g/mol. The normalized spacial score (nSPS) is 13.5. The molecule has 1 aromatic heterocycles. The van der Waals surface area contributed by atoms with Crippen molar-refractivity contribution in [3.05, 3.63) is 63.9 Å². The van der Waals surface area contributed by atoms with Crippen molar-refractivity contribution in [1.29, 1.82) is 5.41 Å². The molecule has 1 unspecified atom stereocenters. The lowest BCUT2D eigenvalue weighted by Crippen LogP contribution is -2.11. The standard InChI is InChI=1S/C19H19BrN4O5S5.CHF3O2/c1-30-19-17(11-16(31-19)18(21)22)33(27,14-7-3-5-12(20)9-14)24-34(28,29)15-8-4-6-13(10-15)23-32(2,25)26;2-1(3,4)6-5/h3-11,23H,1-2H3,(H3,21,22);5H. The lowest BCUT2D eigenvalue weighted by molar-refractivity contribution is -0.464. The summed E-state index contributed by atoms with van der Waals surface area (Å²) < 4.78 is 102. The molecule has 5 N–H and O–H groups in total. The molecule has 220 valence electrons. The second kappa shape index (κ2) is 13.2. The molecular weight excluding hydrogens is 705 g/mol. The number of hydrogen-bond acceptors (Lipinski definition) is 10. The maximum atomic E-state index is 14.5. The number of nitrogens with zero attached hydrogens (tertiary/aromatic N) is 1. The summed E-state index contributed by atoms with van der Waals surface area (Å²) in [6.45, 7) is 0. The van der Waals surface area contributed by atoms with Gasteiger partial charge in [-0.15, -0.1) is 41.2 Å². The first-order chi connectivity index (χ1) is 18.3. The molecule has 40 heavy (non-hydrogen) atoms. The zero-order valence-corrected chi connectivity index (χ0v) is 25.8. The Morgan fingerprint density at radius 3 is 2.17 bits per heavy atom. The smallest absolute Gasteiger partial charge is 0.383 e. The molecule has 1 atom stereocenters. The van der Waals surface area contributed by atoms with Gasteiger partial charge < -0.3 is 5.73 Å². The fourth-order valence-electron chi connectivity index (χ4n) is 2.79. The van der Waals surface area contributed by atoms with Crippen molar-refractivity contribution < 1.29 is 44.4 Å². The zero-order valence-electron chi connectivity index (χ0n) is 20.2. The number of alkyl halides is 3. The van der Waals surface area contributed by atoms with Gasteiger partial charge in [-0.2, -0.15) is 8.42 Å². The molecule has 0 saturated heterocycles. The number of thiophene rings is 1. The highest BCUT2D eigenvalue weighted by molar-refractivity contribution is 9.10. The van der Waals surface area contributed by atoms with Gasteiger partial charge in [0.2, 0.25) is 10.0 Å². The van der Waals surface area contributed by atoms with E-state index in [2.05, 4.69) is 24.4 Å². The number of benzene rings is 2. The number of rotatable bonds is 8. The zero-order chi connectivity index (χ0) is 30.5. The van der Waals surface area contributed by atoms with Gasteiger partial charge in [-0.1, -0.05) is 31.8 Å². The largest absolute Gasteiger partial charge is 0.549 e. The van der Waals surface area contributed by atoms with Gasteiger partial charge in [0.05, 0.1) is 30.0 Å². The third kappa shape index (κ3) is 9.43. The van der Waals surface area contributed by atoms with Gasteiger partial charge in [-0.3, -0.25) is 10.1 Å². The molecule has 0 aliphatic rings. The second-order valence-electron chi connectivity index (χ2n) is 7.35. The molecule has 0 radical (unpaired) electrons.